The van der Waals surface area contributed by atoms with Gasteiger partial charge in [0.15, 0.2) is 0 Å². The van der Waals surface area contributed by atoms with Crippen LogP contribution in [0.4, 0.5) is 5.69 Å². The van der Waals surface area contributed by atoms with Gasteiger partial charge in [0.05, 0.1) is 12.2 Å². The van der Waals surface area contributed by atoms with Gasteiger partial charge in [0.25, 0.3) is 10.0 Å². The fourth-order valence-corrected chi connectivity index (χ4v) is 3.24. The van der Waals surface area contributed by atoms with Crippen LogP contribution < -0.4 is 10.5 Å². The van der Waals surface area contributed by atoms with Crippen LogP contribution >= 0.6 is 31.9 Å². The first-order chi connectivity index (χ1) is 8.92. The molecule has 1 aromatic carbocycles. The number of halogens is 2. The first-order valence-corrected chi connectivity index (χ1v) is 8.26. The van der Waals surface area contributed by atoms with Gasteiger partial charge in [-0.05, 0) is 46.3 Å². The number of hydrogen-bond donors (Lipinski definition) is 2. The van der Waals surface area contributed by atoms with E-state index in [1.807, 2.05) is 0 Å². The van der Waals surface area contributed by atoms with E-state index >= 15 is 0 Å². The fourth-order valence-electron chi connectivity index (χ4n) is 1.38. The third-order valence-electron chi connectivity index (χ3n) is 2.28. The van der Waals surface area contributed by atoms with Crippen LogP contribution in [0.15, 0.2) is 48.8 Å². The molecule has 0 fully saturated rings. The molecule has 0 saturated carbocycles. The normalized spacial score (nSPS) is 11.5. The zero-order chi connectivity index (χ0) is 14.0. The predicted molar refractivity (Wildman–Crippen MR) is 79.2 cm³/mol. The maximum absolute atomic E-state index is 12.1. The summed E-state index contributed by atoms with van der Waals surface area (Å²) in [4.78, 5) is 0. The molecule has 0 saturated heterocycles. The monoisotopic (exact) mass is 408 g/mol. The van der Waals surface area contributed by atoms with Gasteiger partial charge in [0.2, 0.25) is 5.09 Å². The lowest BCUT2D eigenvalue weighted by atomic mass is 10.3. The van der Waals surface area contributed by atoms with E-state index in [9.17, 15) is 8.42 Å². The van der Waals surface area contributed by atoms with Crippen molar-refractivity contribution >= 4 is 47.6 Å². The lowest BCUT2D eigenvalue weighted by molar-refractivity contribution is 0.417. The molecule has 2 aromatic rings. The summed E-state index contributed by atoms with van der Waals surface area (Å²) >= 11 is 6.56. The van der Waals surface area contributed by atoms with E-state index in [0.717, 1.165) is 4.47 Å². The maximum Gasteiger partial charge on any atom is 0.295 e. The van der Waals surface area contributed by atoms with Crippen molar-refractivity contribution in [3.05, 3.63) is 45.0 Å². The van der Waals surface area contributed by atoms with Gasteiger partial charge in [-0.3, -0.25) is 4.72 Å². The van der Waals surface area contributed by atoms with E-state index in [4.69, 9.17) is 10.2 Å². The SMILES string of the molecule is NCc1ccc(S(=O)(=O)Nc2cc(Br)ccc2Br)o1. The second kappa shape index (κ2) is 5.66. The van der Waals surface area contributed by atoms with Crippen LogP contribution in [0.2, 0.25) is 0 Å². The Hall–Kier alpha value is -0.830. The first kappa shape index (κ1) is 14.6. The maximum atomic E-state index is 12.1. The zero-order valence-corrected chi connectivity index (χ0v) is 13.5. The van der Waals surface area contributed by atoms with Crippen LogP contribution in [-0.4, -0.2) is 8.42 Å². The Bertz CT molecular complexity index is 698. The molecule has 0 spiro atoms. The summed E-state index contributed by atoms with van der Waals surface area (Å²) in [6, 6.07) is 8.08. The highest BCUT2D eigenvalue weighted by atomic mass is 79.9. The summed E-state index contributed by atoms with van der Waals surface area (Å²) in [6.45, 7) is 0.149. The van der Waals surface area contributed by atoms with Crippen molar-refractivity contribution in [2.75, 3.05) is 4.72 Å². The van der Waals surface area contributed by atoms with E-state index in [0.29, 0.717) is 15.9 Å². The second-order valence-corrected chi connectivity index (χ2v) is 7.04. The van der Waals surface area contributed by atoms with Gasteiger partial charge >= 0.3 is 0 Å². The summed E-state index contributed by atoms with van der Waals surface area (Å²) in [5.74, 6) is 0.411. The quantitative estimate of drug-likeness (QED) is 0.812. The number of furan rings is 1. The van der Waals surface area contributed by atoms with Gasteiger partial charge in [-0.15, -0.1) is 0 Å². The van der Waals surface area contributed by atoms with Crippen LogP contribution in [0.5, 0.6) is 0 Å². The first-order valence-electron chi connectivity index (χ1n) is 5.19. The average Bonchev–Trinajstić information content (AvgIpc) is 2.83. The second-order valence-electron chi connectivity index (χ2n) is 3.65. The Labute approximate surface area is 127 Å². The van der Waals surface area contributed by atoms with Gasteiger partial charge in [0, 0.05) is 8.95 Å². The van der Waals surface area contributed by atoms with Crippen LogP contribution in [0, 0.1) is 0 Å². The fraction of sp³-hybridized carbons (Fsp3) is 0.0909. The standard InChI is InChI=1S/C11H10Br2N2O3S/c12-7-1-3-9(13)10(5-7)15-19(16,17)11-4-2-8(6-14)18-11/h1-5,15H,6,14H2. The number of rotatable bonds is 4. The number of hydrogen-bond acceptors (Lipinski definition) is 4. The summed E-state index contributed by atoms with van der Waals surface area (Å²) < 4.78 is 33.2. The number of nitrogens with two attached hydrogens (primary N) is 1. The Morgan fingerprint density at radius 3 is 2.58 bits per heavy atom. The average molecular weight is 410 g/mol. The van der Waals surface area contributed by atoms with Crippen molar-refractivity contribution in [1.29, 1.82) is 0 Å². The molecule has 0 aliphatic heterocycles. The highest BCUT2D eigenvalue weighted by molar-refractivity contribution is 9.11. The largest absolute Gasteiger partial charge is 0.446 e. The third-order valence-corrected chi connectivity index (χ3v) is 4.70. The van der Waals surface area contributed by atoms with Gasteiger partial charge in [-0.25, -0.2) is 0 Å². The molecule has 1 aromatic heterocycles. The Kier molecular flexibility index (Phi) is 4.34. The molecule has 102 valence electrons. The highest BCUT2D eigenvalue weighted by Crippen LogP contribution is 2.28. The Morgan fingerprint density at radius 1 is 1.21 bits per heavy atom. The molecule has 19 heavy (non-hydrogen) atoms. The lowest BCUT2D eigenvalue weighted by Gasteiger charge is -2.08. The molecule has 1 heterocycles. The lowest BCUT2D eigenvalue weighted by Crippen LogP contribution is -2.12. The topological polar surface area (TPSA) is 85.3 Å². The van der Waals surface area contributed by atoms with Crippen molar-refractivity contribution in [3.63, 3.8) is 0 Å². The molecular weight excluding hydrogens is 400 g/mol. The minimum Gasteiger partial charge on any atom is -0.446 e. The number of nitrogens with one attached hydrogen (secondary N) is 1. The molecular formula is C11H10Br2N2O3S. The summed E-state index contributed by atoms with van der Waals surface area (Å²) in [6.07, 6.45) is 0. The van der Waals surface area contributed by atoms with E-state index < -0.39 is 10.0 Å². The minimum atomic E-state index is -3.76. The van der Waals surface area contributed by atoms with Crippen LogP contribution in [0.3, 0.4) is 0 Å². The van der Waals surface area contributed by atoms with Crippen molar-refractivity contribution in [3.8, 4) is 0 Å². The minimum absolute atomic E-state index is 0.149. The molecule has 0 aliphatic rings. The molecule has 5 nitrogen and oxygen atoms in total. The number of sulfonamides is 1. The van der Waals surface area contributed by atoms with Gasteiger partial charge in [0.1, 0.15) is 5.76 Å². The molecule has 8 heteroatoms. The molecule has 0 atom stereocenters. The smallest absolute Gasteiger partial charge is 0.295 e. The molecule has 0 radical (unpaired) electrons. The Balaban J connectivity index is 2.33. The predicted octanol–water partition coefficient (Wildman–Crippen LogP) is 3.06. The van der Waals surface area contributed by atoms with Crippen LogP contribution in [0.1, 0.15) is 5.76 Å². The summed E-state index contributed by atoms with van der Waals surface area (Å²) in [5, 5.41) is -0.167. The van der Waals surface area contributed by atoms with E-state index in [1.54, 1.807) is 18.2 Å². The van der Waals surface area contributed by atoms with Gasteiger partial charge in [-0.2, -0.15) is 8.42 Å². The van der Waals surface area contributed by atoms with Gasteiger partial charge < -0.3 is 10.2 Å². The summed E-state index contributed by atoms with van der Waals surface area (Å²) in [7, 11) is -3.76. The zero-order valence-electron chi connectivity index (χ0n) is 9.56. The highest BCUT2D eigenvalue weighted by Gasteiger charge is 2.19. The summed E-state index contributed by atoms with van der Waals surface area (Å²) in [5.41, 5.74) is 5.80. The molecule has 0 bridgehead atoms. The van der Waals surface area contributed by atoms with Gasteiger partial charge in [-0.1, -0.05) is 15.9 Å². The van der Waals surface area contributed by atoms with E-state index in [1.165, 1.54) is 12.1 Å². The molecule has 0 unspecified atom stereocenters. The molecule has 0 amide bonds. The van der Waals surface area contributed by atoms with Crippen molar-refractivity contribution in [2.24, 2.45) is 5.73 Å². The molecule has 3 N–H and O–H groups in total. The van der Waals surface area contributed by atoms with Crippen LogP contribution in [-0.2, 0) is 16.6 Å². The van der Waals surface area contributed by atoms with Crippen molar-refractivity contribution in [2.45, 2.75) is 11.6 Å². The third kappa shape index (κ3) is 3.38. The molecule has 0 aliphatic carbocycles. The van der Waals surface area contributed by atoms with Crippen molar-refractivity contribution in [1.82, 2.24) is 0 Å². The number of anilines is 1. The van der Waals surface area contributed by atoms with E-state index in [2.05, 4.69) is 36.6 Å². The van der Waals surface area contributed by atoms with E-state index in [-0.39, 0.29) is 11.6 Å². The van der Waals surface area contributed by atoms with Crippen LogP contribution in [0.25, 0.3) is 0 Å². The van der Waals surface area contributed by atoms with Crippen molar-refractivity contribution < 1.29 is 12.8 Å². The number of benzene rings is 1. The molecule has 2 rings (SSSR count). The Morgan fingerprint density at radius 2 is 1.95 bits per heavy atom.